The quantitative estimate of drug-likeness (QED) is 0.865. The second-order valence-corrected chi connectivity index (χ2v) is 7.84. The topological polar surface area (TPSA) is 71.4 Å². The lowest BCUT2D eigenvalue weighted by molar-refractivity contribution is -0.119. The first-order chi connectivity index (χ1) is 13.0. The molecule has 1 unspecified atom stereocenters. The standard InChI is InChI=1S/C21H21N3O2S/c1-12-5-3-8-17(22-12)24-21(26)18-13(2)23-15-6-4-7-16(25)20(15)19(18)14-9-10-27-11-14/h3,5,8-11,18-19H,4,6-7H2,1-2H3,(H,22,24,26)/t18?,19-/m1/s1. The molecule has 3 heterocycles. The number of amides is 1. The van der Waals surface area contributed by atoms with Crippen LogP contribution in [0, 0.1) is 12.8 Å². The van der Waals surface area contributed by atoms with Crippen molar-refractivity contribution in [1.29, 1.82) is 0 Å². The summed E-state index contributed by atoms with van der Waals surface area (Å²) in [4.78, 5) is 35.0. The van der Waals surface area contributed by atoms with Crippen LogP contribution in [0.15, 0.2) is 51.3 Å². The first-order valence-corrected chi connectivity index (χ1v) is 10.1. The number of anilines is 1. The summed E-state index contributed by atoms with van der Waals surface area (Å²) in [5, 5.41) is 6.94. The first kappa shape index (κ1) is 17.8. The van der Waals surface area contributed by atoms with E-state index < -0.39 is 5.92 Å². The molecular weight excluding hydrogens is 358 g/mol. The Labute approximate surface area is 162 Å². The summed E-state index contributed by atoms with van der Waals surface area (Å²) in [7, 11) is 0. The number of pyridine rings is 1. The van der Waals surface area contributed by atoms with Crippen molar-refractivity contribution >= 4 is 34.6 Å². The zero-order valence-corrected chi connectivity index (χ0v) is 16.2. The van der Waals surface area contributed by atoms with Gasteiger partial charge in [0, 0.05) is 35.0 Å². The molecule has 2 aromatic heterocycles. The minimum absolute atomic E-state index is 0.121. The van der Waals surface area contributed by atoms with Crippen molar-refractivity contribution in [1.82, 2.24) is 4.98 Å². The van der Waals surface area contributed by atoms with Gasteiger partial charge in [-0.2, -0.15) is 11.3 Å². The molecule has 0 aromatic carbocycles. The lowest BCUT2D eigenvalue weighted by atomic mass is 9.72. The number of hydrogen-bond acceptors (Lipinski definition) is 5. The van der Waals surface area contributed by atoms with Crippen LogP contribution in [0.4, 0.5) is 5.82 Å². The van der Waals surface area contributed by atoms with Crippen LogP contribution in [0.5, 0.6) is 0 Å². The highest BCUT2D eigenvalue weighted by Crippen LogP contribution is 2.43. The van der Waals surface area contributed by atoms with Crippen LogP contribution in [0.3, 0.4) is 0 Å². The molecule has 1 aliphatic carbocycles. The van der Waals surface area contributed by atoms with E-state index in [0.717, 1.165) is 41.1 Å². The molecular formula is C21H21N3O2S. The second-order valence-electron chi connectivity index (χ2n) is 7.06. The molecule has 0 saturated carbocycles. The Morgan fingerprint density at radius 2 is 2.07 bits per heavy atom. The number of carbonyl (C=O) groups excluding carboxylic acids is 2. The molecule has 2 atom stereocenters. The van der Waals surface area contributed by atoms with E-state index in [1.54, 1.807) is 17.4 Å². The largest absolute Gasteiger partial charge is 0.310 e. The van der Waals surface area contributed by atoms with Gasteiger partial charge in [-0.05, 0) is 61.2 Å². The lowest BCUT2D eigenvalue weighted by Crippen LogP contribution is -2.39. The van der Waals surface area contributed by atoms with Crippen LogP contribution in [0.1, 0.15) is 43.4 Å². The monoisotopic (exact) mass is 379 g/mol. The molecule has 0 radical (unpaired) electrons. The van der Waals surface area contributed by atoms with Gasteiger partial charge in [-0.3, -0.25) is 14.6 Å². The van der Waals surface area contributed by atoms with Gasteiger partial charge < -0.3 is 5.32 Å². The molecule has 0 bridgehead atoms. The maximum Gasteiger partial charge on any atom is 0.235 e. The van der Waals surface area contributed by atoms with E-state index in [9.17, 15) is 9.59 Å². The van der Waals surface area contributed by atoms with Crippen LogP contribution in [-0.4, -0.2) is 22.4 Å². The van der Waals surface area contributed by atoms with E-state index in [4.69, 9.17) is 0 Å². The number of Topliss-reactive ketones (excluding diaryl/α,β-unsaturated/α-hetero) is 1. The van der Waals surface area contributed by atoms with Crippen molar-refractivity contribution in [2.45, 2.75) is 39.0 Å². The number of aryl methyl sites for hydroxylation is 1. The molecule has 2 aromatic rings. The van der Waals surface area contributed by atoms with E-state index in [2.05, 4.69) is 15.3 Å². The van der Waals surface area contributed by atoms with Crippen LogP contribution < -0.4 is 5.32 Å². The minimum atomic E-state index is -0.511. The zero-order chi connectivity index (χ0) is 19.0. The molecule has 138 valence electrons. The van der Waals surface area contributed by atoms with Gasteiger partial charge in [0.25, 0.3) is 0 Å². The molecule has 2 aliphatic rings. The Balaban J connectivity index is 1.74. The molecule has 1 N–H and O–H groups in total. The van der Waals surface area contributed by atoms with Crippen molar-refractivity contribution in [2.75, 3.05) is 5.32 Å². The van der Waals surface area contributed by atoms with Crippen molar-refractivity contribution in [3.63, 3.8) is 0 Å². The third kappa shape index (κ3) is 3.37. The fraction of sp³-hybridized carbons (Fsp3) is 0.333. The highest BCUT2D eigenvalue weighted by Gasteiger charge is 2.42. The molecule has 27 heavy (non-hydrogen) atoms. The van der Waals surface area contributed by atoms with Crippen LogP contribution in [0.25, 0.3) is 0 Å². The molecule has 1 amide bonds. The number of ketones is 1. The van der Waals surface area contributed by atoms with E-state index in [1.807, 2.05) is 42.8 Å². The van der Waals surface area contributed by atoms with E-state index in [-0.39, 0.29) is 17.6 Å². The van der Waals surface area contributed by atoms with Crippen LogP contribution in [-0.2, 0) is 9.59 Å². The van der Waals surface area contributed by atoms with Gasteiger partial charge in [-0.15, -0.1) is 0 Å². The molecule has 0 saturated heterocycles. The number of allylic oxidation sites excluding steroid dienone is 2. The Kier molecular flexibility index (Phi) is 4.74. The average Bonchev–Trinajstić information content (AvgIpc) is 3.15. The summed E-state index contributed by atoms with van der Waals surface area (Å²) in [6.45, 7) is 3.77. The van der Waals surface area contributed by atoms with Gasteiger partial charge >= 0.3 is 0 Å². The smallest absolute Gasteiger partial charge is 0.235 e. The number of nitrogens with zero attached hydrogens (tertiary/aromatic N) is 2. The van der Waals surface area contributed by atoms with Crippen molar-refractivity contribution in [2.24, 2.45) is 10.9 Å². The number of thiophene rings is 1. The van der Waals surface area contributed by atoms with Gasteiger partial charge in [0.2, 0.25) is 5.91 Å². The Bertz CT molecular complexity index is 960. The number of hydrogen-bond donors (Lipinski definition) is 1. The normalized spacial score (nSPS) is 22.3. The minimum Gasteiger partial charge on any atom is -0.310 e. The average molecular weight is 379 g/mol. The maximum atomic E-state index is 13.2. The van der Waals surface area contributed by atoms with Gasteiger partial charge in [0.15, 0.2) is 5.78 Å². The van der Waals surface area contributed by atoms with Crippen LogP contribution in [0.2, 0.25) is 0 Å². The van der Waals surface area contributed by atoms with Crippen LogP contribution >= 0.6 is 11.3 Å². The molecule has 6 heteroatoms. The van der Waals surface area contributed by atoms with E-state index in [0.29, 0.717) is 12.2 Å². The zero-order valence-electron chi connectivity index (χ0n) is 15.4. The number of rotatable bonds is 3. The summed E-state index contributed by atoms with van der Waals surface area (Å²) in [6, 6.07) is 7.53. The molecule has 0 fully saturated rings. The number of nitrogens with one attached hydrogen (secondary N) is 1. The fourth-order valence-corrected chi connectivity index (χ4v) is 4.67. The van der Waals surface area contributed by atoms with E-state index >= 15 is 0 Å². The number of aliphatic imine (C=N–C) groups is 1. The Hall–Kier alpha value is -2.60. The predicted molar refractivity (Wildman–Crippen MR) is 107 cm³/mol. The van der Waals surface area contributed by atoms with E-state index in [1.165, 1.54) is 0 Å². The SMILES string of the molecule is CC1=NC2=C(C(=O)CCC2)[C@H](c2ccsc2)C1C(=O)Nc1cccc(C)n1. The predicted octanol–water partition coefficient (Wildman–Crippen LogP) is 4.27. The second kappa shape index (κ2) is 7.19. The highest BCUT2D eigenvalue weighted by atomic mass is 32.1. The molecule has 1 aliphatic heterocycles. The Morgan fingerprint density at radius 1 is 1.22 bits per heavy atom. The maximum absolute atomic E-state index is 13.2. The highest BCUT2D eigenvalue weighted by molar-refractivity contribution is 7.08. The van der Waals surface area contributed by atoms with Gasteiger partial charge in [-0.1, -0.05) is 6.07 Å². The third-order valence-electron chi connectivity index (χ3n) is 5.16. The molecule has 0 spiro atoms. The van der Waals surface area contributed by atoms with Gasteiger partial charge in [0.1, 0.15) is 5.82 Å². The third-order valence-corrected chi connectivity index (χ3v) is 5.86. The summed E-state index contributed by atoms with van der Waals surface area (Å²) in [6.07, 6.45) is 2.16. The van der Waals surface area contributed by atoms with Crippen molar-refractivity contribution < 1.29 is 9.59 Å². The number of carbonyl (C=O) groups is 2. The van der Waals surface area contributed by atoms with Gasteiger partial charge in [0.05, 0.1) is 5.92 Å². The summed E-state index contributed by atoms with van der Waals surface area (Å²) in [5.41, 5.74) is 4.18. The van der Waals surface area contributed by atoms with Crippen molar-refractivity contribution in [3.05, 3.63) is 57.6 Å². The molecule has 4 rings (SSSR count). The molecule has 5 nitrogen and oxygen atoms in total. The number of aromatic nitrogens is 1. The fourth-order valence-electron chi connectivity index (χ4n) is 3.97. The Morgan fingerprint density at radius 3 is 2.81 bits per heavy atom. The summed E-state index contributed by atoms with van der Waals surface area (Å²) >= 11 is 1.58. The lowest BCUT2D eigenvalue weighted by Gasteiger charge is -2.34. The van der Waals surface area contributed by atoms with Gasteiger partial charge in [-0.25, -0.2) is 4.98 Å². The first-order valence-electron chi connectivity index (χ1n) is 9.12. The summed E-state index contributed by atoms with van der Waals surface area (Å²) in [5.74, 6) is -0.318. The summed E-state index contributed by atoms with van der Waals surface area (Å²) < 4.78 is 0. The van der Waals surface area contributed by atoms with Crippen molar-refractivity contribution in [3.8, 4) is 0 Å².